The van der Waals surface area contributed by atoms with E-state index in [0.717, 1.165) is 30.6 Å². The largest absolute Gasteiger partial charge is 0.496 e. The molecule has 0 radical (unpaired) electrons. The molecule has 2 aromatic carbocycles. The van der Waals surface area contributed by atoms with Crippen LogP contribution in [-0.4, -0.2) is 38.8 Å². The van der Waals surface area contributed by atoms with E-state index in [-0.39, 0.29) is 17.7 Å². The van der Waals surface area contributed by atoms with Crippen molar-refractivity contribution in [2.45, 2.75) is 38.0 Å². The monoisotopic (exact) mass is 416 g/mol. The quantitative estimate of drug-likeness (QED) is 0.750. The molecule has 0 spiro atoms. The molecule has 1 heterocycles. The number of sulfonamides is 1. The van der Waals surface area contributed by atoms with Crippen molar-refractivity contribution < 1.29 is 17.9 Å². The highest BCUT2D eigenvalue weighted by atomic mass is 32.2. The fourth-order valence-electron chi connectivity index (χ4n) is 3.58. The first kappa shape index (κ1) is 21.3. The topological polar surface area (TPSA) is 75.7 Å². The van der Waals surface area contributed by atoms with Crippen molar-refractivity contribution in [2.24, 2.45) is 0 Å². The number of carbonyl (C=O) groups is 1. The predicted molar refractivity (Wildman–Crippen MR) is 113 cm³/mol. The maximum Gasteiger partial charge on any atom is 0.251 e. The van der Waals surface area contributed by atoms with Crippen LogP contribution < -0.4 is 10.1 Å². The minimum Gasteiger partial charge on any atom is -0.496 e. The second kappa shape index (κ2) is 9.41. The minimum absolute atomic E-state index is 0.0352. The Kier molecular flexibility index (Phi) is 6.92. The van der Waals surface area contributed by atoms with Gasteiger partial charge in [-0.1, -0.05) is 36.8 Å². The van der Waals surface area contributed by atoms with Crippen LogP contribution in [0, 0.1) is 0 Å². The fourth-order valence-corrected chi connectivity index (χ4v) is 5.19. The number of hydrogen-bond acceptors (Lipinski definition) is 4. The Morgan fingerprint density at radius 3 is 2.38 bits per heavy atom. The van der Waals surface area contributed by atoms with Crippen LogP contribution in [0.1, 0.15) is 53.7 Å². The summed E-state index contributed by atoms with van der Waals surface area (Å²) in [6.07, 6.45) is 2.93. The molecule has 0 saturated carbocycles. The second-order valence-electron chi connectivity index (χ2n) is 7.35. The normalized spacial score (nSPS) is 16.2. The van der Waals surface area contributed by atoms with Gasteiger partial charge in [0.2, 0.25) is 10.0 Å². The van der Waals surface area contributed by atoms with Gasteiger partial charge in [-0.25, -0.2) is 12.7 Å². The van der Waals surface area contributed by atoms with Crippen LogP contribution >= 0.6 is 0 Å². The molecule has 3 rings (SSSR count). The molecule has 1 atom stereocenters. The molecule has 1 aliphatic heterocycles. The van der Waals surface area contributed by atoms with E-state index in [0.29, 0.717) is 24.2 Å². The van der Waals surface area contributed by atoms with E-state index in [1.807, 2.05) is 31.2 Å². The third-order valence-electron chi connectivity index (χ3n) is 5.23. The molecule has 1 fully saturated rings. The highest BCUT2D eigenvalue weighted by Crippen LogP contribution is 2.24. The van der Waals surface area contributed by atoms with Crippen molar-refractivity contribution in [2.75, 3.05) is 20.2 Å². The summed E-state index contributed by atoms with van der Waals surface area (Å²) in [6, 6.07) is 14.1. The van der Waals surface area contributed by atoms with Crippen LogP contribution in [0.4, 0.5) is 0 Å². The van der Waals surface area contributed by atoms with Crippen LogP contribution in [0.2, 0.25) is 0 Å². The SMILES string of the molecule is COc1ccccc1[C@H](C)NC(=O)c1ccc(CS(=O)(=O)N2CCCCC2)cc1. The summed E-state index contributed by atoms with van der Waals surface area (Å²) in [5, 5.41) is 2.96. The van der Waals surface area contributed by atoms with E-state index in [9.17, 15) is 13.2 Å². The first-order valence-electron chi connectivity index (χ1n) is 9.91. The Morgan fingerprint density at radius 1 is 1.07 bits per heavy atom. The van der Waals surface area contributed by atoms with E-state index in [2.05, 4.69) is 5.32 Å². The Bertz CT molecular complexity index is 936. The maximum absolute atomic E-state index is 12.6. The number of ether oxygens (including phenoxy) is 1. The number of rotatable bonds is 7. The third kappa shape index (κ3) is 5.36. The third-order valence-corrected chi connectivity index (χ3v) is 7.08. The summed E-state index contributed by atoms with van der Waals surface area (Å²) in [6.45, 7) is 3.10. The maximum atomic E-state index is 12.6. The van der Waals surface area contributed by atoms with Crippen molar-refractivity contribution in [3.8, 4) is 5.75 Å². The van der Waals surface area contributed by atoms with Gasteiger partial charge in [-0.3, -0.25) is 4.79 Å². The van der Waals surface area contributed by atoms with Crippen LogP contribution in [-0.2, 0) is 15.8 Å². The summed E-state index contributed by atoms with van der Waals surface area (Å²) >= 11 is 0. The van der Waals surface area contributed by atoms with Crippen LogP contribution in [0.3, 0.4) is 0 Å². The van der Waals surface area contributed by atoms with Gasteiger partial charge in [0.25, 0.3) is 5.91 Å². The van der Waals surface area contributed by atoms with Crippen LogP contribution in [0.5, 0.6) is 5.75 Å². The Labute approximate surface area is 172 Å². The summed E-state index contributed by atoms with van der Waals surface area (Å²) in [4.78, 5) is 12.6. The van der Waals surface area contributed by atoms with Gasteiger partial charge in [0.15, 0.2) is 0 Å². The smallest absolute Gasteiger partial charge is 0.251 e. The van der Waals surface area contributed by atoms with E-state index in [1.54, 1.807) is 35.7 Å². The average Bonchev–Trinajstić information content (AvgIpc) is 2.74. The standard InChI is InChI=1S/C22H28N2O4S/c1-17(20-8-4-5-9-21(20)28-2)23-22(25)19-12-10-18(11-13-19)16-29(26,27)24-14-6-3-7-15-24/h4-5,8-13,17H,3,6-7,14-16H2,1-2H3,(H,23,25)/t17-/m0/s1. The predicted octanol–water partition coefficient (Wildman–Crippen LogP) is 3.50. The molecule has 2 aromatic rings. The van der Waals surface area contributed by atoms with E-state index >= 15 is 0 Å². The molecule has 0 bridgehead atoms. The number of hydrogen-bond donors (Lipinski definition) is 1. The van der Waals surface area contributed by atoms with Crippen molar-refractivity contribution in [3.63, 3.8) is 0 Å². The Hall–Kier alpha value is -2.38. The summed E-state index contributed by atoms with van der Waals surface area (Å²) in [5.41, 5.74) is 2.07. The highest BCUT2D eigenvalue weighted by Gasteiger charge is 2.24. The molecule has 0 unspecified atom stereocenters. The fraction of sp³-hybridized carbons (Fsp3) is 0.409. The summed E-state index contributed by atoms with van der Waals surface area (Å²) in [7, 11) is -1.71. The lowest BCUT2D eigenvalue weighted by molar-refractivity contribution is 0.0939. The lowest BCUT2D eigenvalue weighted by Crippen LogP contribution is -2.36. The number of piperidine rings is 1. The van der Waals surface area contributed by atoms with Gasteiger partial charge in [-0.15, -0.1) is 0 Å². The zero-order valence-corrected chi connectivity index (χ0v) is 17.7. The molecule has 156 valence electrons. The molecule has 0 aromatic heterocycles. The summed E-state index contributed by atoms with van der Waals surface area (Å²) < 4.78 is 32.1. The van der Waals surface area contributed by atoms with Crippen LogP contribution in [0.15, 0.2) is 48.5 Å². The molecule has 1 aliphatic rings. The Balaban J connectivity index is 1.64. The van der Waals surface area contributed by atoms with Gasteiger partial charge in [-0.2, -0.15) is 0 Å². The van der Waals surface area contributed by atoms with Crippen molar-refractivity contribution in [1.82, 2.24) is 9.62 Å². The lowest BCUT2D eigenvalue weighted by Gasteiger charge is -2.25. The molecule has 1 amide bonds. The lowest BCUT2D eigenvalue weighted by atomic mass is 10.1. The molecule has 1 N–H and O–H groups in total. The first-order valence-corrected chi connectivity index (χ1v) is 11.5. The number of amides is 1. The molecule has 6 nitrogen and oxygen atoms in total. The van der Waals surface area contributed by atoms with Crippen molar-refractivity contribution in [1.29, 1.82) is 0 Å². The number of benzene rings is 2. The average molecular weight is 417 g/mol. The zero-order chi connectivity index (χ0) is 20.9. The van der Waals surface area contributed by atoms with E-state index in [1.165, 1.54) is 0 Å². The van der Waals surface area contributed by atoms with Crippen molar-refractivity contribution >= 4 is 15.9 Å². The number of methoxy groups -OCH3 is 1. The van der Waals surface area contributed by atoms with Gasteiger partial charge in [-0.05, 0) is 43.5 Å². The number of nitrogens with zero attached hydrogens (tertiary/aromatic N) is 1. The molecular weight excluding hydrogens is 388 g/mol. The number of carbonyl (C=O) groups excluding carboxylic acids is 1. The molecule has 0 aliphatic carbocycles. The Morgan fingerprint density at radius 2 is 1.72 bits per heavy atom. The molecule has 1 saturated heterocycles. The van der Waals surface area contributed by atoms with Gasteiger partial charge < -0.3 is 10.1 Å². The van der Waals surface area contributed by atoms with Gasteiger partial charge >= 0.3 is 0 Å². The van der Waals surface area contributed by atoms with E-state index < -0.39 is 10.0 Å². The van der Waals surface area contributed by atoms with Gasteiger partial charge in [0, 0.05) is 24.2 Å². The zero-order valence-electron chi connectivity index (χ0n) is 16.9. The number of para-hydroxylation sites is 1. The van der Waals surface area contributed by atoms with Crippen molar-refractivity contribution in [3.05, 3.63) is 65.2 Å². The molecular formula is C22H28N2O4S. The van der Waals surface area contributed by atoms with Gasteiger partial charge in [0.05, 0.1) is 18.9 Å². The van der Waals surface area contributed by atoms with E-state index in [4.69, 9.17) is 4.74 Å². The first-order chi connectivity index (χ1) is 13.9. The minimum atomic E-state index is -3.31. The molecule has 7 heteroatoms. The molecule has 29 heavy (non-hydrogen) atoms. The highest BCUT2D eigenvalue weighted by molar-refractivity contribution is 7.88. The van der Waals surface area contributed by atoms with Crippen LogP contribution in [0.25, 0.3) is 0 Å². The number of nitrogens with one attached hydrogen (secondary N) is 1. The van der Waals surface area contributed by atoms with Gasteiger partial charge in [0.1, 0.15) is 5.75 Å². The second-order valence-corrected chi connectivity index (χ2v) is 9.32. The summed E-state index contributed by atoms with van der Waals surface area (Å²) in [5.74, 6) is 0.472.